The number of nitrogens with zero attached hydrogens (tertiary/aromatic N) is 6. The van der Waals surface area contributed by atoms with Crippen LogP contribution in [0.3, 0.4) is 0 Å². The molecule has 4 rings (SSSR count). The minimum Gasteiger partial charge on any atom is -0.470 e. The predicted octanol–water partition coefficient (Wildman–Crippen LogP) is 3.34. The fourth-order valence-electron chi connectivity index (χ4n) is 4.61. The van der Waals surface area contributed by atoms with Gasteiger partial charge in [0.15, 0.2) is 6.10 Å². The highest BCUT2D eigenvalue weighted by Crippen LogP contribution is 2.27. The first-order valence-corrected chi connectivity index (χ1v) is 15.2. The topological polar surface area (TPSA) is 199 Å². The van der Waals surface area contributed by atoms with Crippen molar-refractivity contribution in [2.45, 2.75) is 45.6 Å². The van der Waals surface area contributed by atoms with E-state index < -0.39 is 33.7 Å². The van der Waals surface area contributed by atoms with Crippen LogP contribution >= 0.6 is 11.7 Å². The maximum Gasteiger partial charge on any atom is 0.338 e. The maximum absolute atomic E-state index is 13.9. The van der Waals surface area contributed by atoms with Crippen molar-refractivity contribution in [1.82, 2.24) is 13.6 Å². The Morgan fingerprint density at radius 2 is 1.57 bits per heavy atom. The number of hydrogen-bond acceptors (Lipinski definition) is 15. The monoisotopic (exact) mass is 674 g/mol. The minimum absolute atomic E-state index is 0.107. The molecule has 3 aromatic rings. The zero-order valence-corrected chi connectivity index (χ0v) is 26.8. The van der Waals surface area contributed by atoms with Crippen LogP contribution in [0.2, 0.25) is 0 Å². The van der Waals surface area contributed by atoms with Crippen molar-refractivity contribution in [1.29, 1.82) is 0 Å². The molecule has 1 fully saturated rings. The number of carbonyl (C=O) groups excluding carboxylic acids is 2. The molecule has 18 heteroatoms. The summed E-state index contributed by atoms with van der Waals surface area (Å²) in [6.45, 7) is 6.64. The van der Waals surface area contributed by atoms with Gasteiger partial charge in [-0.3, -0.25) is 4.79 Å². The zero-order valence-electron chi connectivity index (χ0n) is 25.9. The van der Waals surface area contributed by atoms with E-state index in [-0.39, 0.29) is 43.4 Å². The normalized spacial score (nSPS) is 13.7. The van der Waals surface area contributed by atoms with E-state index in [0.717, 1.165) is 11.7 Å². The number of rotatable bonds is 15. The lowest BCUT2D eigenvalue weighted by molar-refractivity contribution is -0.763. The standard InChI is InChI=1S/C29H34N6O11S/c1-29(2,3)33(27(36)22-8-4-6-20(14-22)17-44-34(38)39)16-24(19-43-26-25(30-47-31-26)32-10-12-42-13-11-32)46-28(37)23-9-5-7-21(15-23)18-45-35(40)41/h4-9,14-15,24H,10-13,16-19H2,1-3H3. The lowest BCUT2D eigenvalue weighted by Crippen LogP contribution is -2.51. The number of morpholine rings is 1. The quantitative estimate of drug-likeness (QED) is 0.129. The van der Waals surface area contributed by atoms with Crippen molar-refractivity contribution in [2.24, 2.45) is 0 Å². The second-order valence-corrected chi connectivity index (χ2v) is 11.8. The van der Waals surface area contributed by atoms with Crippen LogP contribution in [-0.4, -0.2) is 86.8 Å². The van der Waals surface area contributed by atoms with E-state index in [4.69, 9.17) is 14.2 Å². The maximum atomic E-state index is 13.9. The van der Waals surface area contributed by atoms with Crippen LogP contribution in [0.4, 0.5) is 5.82 Å². The summed E-state index contributed by atoms with van der Waals surface area (Å²) < 4.78 is 26.0. The average molecular weight is 675 g/mol. The largest absolute Gasteiger partial charge is 0.470 e. The van der Waals surface area contributed by atoms with Crippen LogP contribution in [0, 0.1) is 20.2 Å². The van der Waals surface area contributed by atoms with Gasteiger partial charge in [-0.25, -0.2) is 4.79 Å². The van der Waals surface area contributed by atoms with E-state index in [1.165, 1.54) is 29.2 Å². The van der Waals surface area contributed by atoms with Crippen molar-refractivity contribution >= 4 is 29.4 Å². The second kappa shape index (κ2) is 15.9. The Hall–Kier alpha value is -5.10. The molecule has 252 valence electrons. The molecule has 0 aliphatic carbocycles. The molecule has 0 bridgehead atoms. The third-order valence-corrected chi connectivity index (χ3v) is 7.39. The van der Waals surface area contributed by atoms with Crippen molar-refractivity contribution in [3.05, 3.63) is 91.0 Å². The van der Waals surface area contributed by atoms with E-state index in [1.807, 2.05) is 25.7 Å². The molecule has 1 aliphatic heterocycles. The number of amides is 1. The van der Waals surface area contributed by atoms with E-state index >= 15 is 0 Å². The molecule has 47 heavy (non-hydrogen) atoms. The molecular weight excluding hydrogens is 640 g/mol. The van der Waals surface area contributed by atoms with Gasteiger partial charge in [0, 0.05) is 24.2 Å². The highest BCUT2D eigenvalue weighted by molar-refractivity contribution is 6.99. The number of ether oxygens (including phenoxy) is 3. The van der Waals surface area contributed by atoms with Gasteiger partial charge in [0.25, 0.3) is 22.0 Å². The SMILES string of the molecule is CC(C)(C)N(CC(COc1nsnc1N1CCOCC1)OC(=O)c1cccc(CO[N+](=O)[O-])c1)C(=O)c1cccc(CO[N+](=O)[O-])c1. The molecule has 1 atom stereocenters. The van der Waals surface area contributed by atoms with Crippen molar-refractivity contribution in [3.8, 4) is 5.88 Å². The predicted molar refractivity (Wildman–Crippen MR) is 165 cm³/mol. The van der Waals surface area contributed by atoms with Gasteiger partial charge in [-0.05, 0) is 56.2 Å². The third kappa shape index (κ3) is 10.2. The van der Waals surface area contributed by atoms with Crippen LogP contribution in [-0.2, 0) is 32.4 Å². The summed E-state index contributed by atoms with van der Waals surface area (Å²) in [5, 5.41) is 19.5. The van der Waals surface area contributed by atoms with Gasteiger partial charge in [-0.2, -0.15) is 4.37 Å². The molecule has 1 aromatic heterocycles. The molecule has 1 aliphatic rings. The molecule has 0 saturated carbocycles. The molecule has 0 spiro atoms. The van der Waals surface area contributed by atoms with E-state index in [0.29, 0.717) is 43.2 Å². The molecule has 2 aromatic carbocycles. The highest BCUT2D eigenvalue weighted by atomic mass is 32.1. The van der Waals surface area contributed by atoms with Crippen molar-refractivity contribution in [2.75, 3.05) is 44.4 Å². The van der Waals surface area contributed by atoms with Gasteiger partial charge in [0.05, 0.1) is 37.1 Å². The molecule has 1 saturated heterocycles. The van der Waals surface area contributed by atoms with Gasteiger partial charge < -0.3 is 33.7 Å². The average Bonchev–Trinajstić information content (AvgIpc) is 3.52. The molecule has 0 radical (unpaired) electrons. The molecule has 17 nitrogen and oxygen atoms in total. The Balaban J connectivity index is 1.58. The fraction of sp³-hybridized carbons (Fsp3) is 0.448. The van der Waals surface area contributed by atoms with Crippen molar-refractivity contribution in [3.63, 3.8) is 0 Å². The Labute approximate surface area is 273 Å². The summed E-state index contributed by atoms with van der Waals surface area (Å²) in [7, 11) is 0. The van der Waals surface area contributed by atoms with Crippen LogP contribution in [0.15, 0.2) is 48.5 Å². The molecule has 0 N–H and O–H groups in total. The molecule has 1 amide bonds. The lowest BCUT2D eigenvalue weighted by Gasteiger charge is -2.38. The van der Waals surface area contributed by atoms with E-state index in [1.54, 1.807) is 24.3 Å². The van der Waals surface area contributed by atoms with E-state index in [9.17, 15) is 29.8 Å². The second-order valence-electron chi connectivity index (χ2n) is 11.3. The van der Waals surface area contributed by atoms with Gasteiger partial charge in [-0.1, -0.05) is 24.3 Å². The van der Waals surface area contributed by atoms with Crippen molar-refractivity contribution < 1.29 is 43.6 Å². The Morgan fingerprint density at radius 3 is 2.17 bits per heavy atom. The molecular formula is C29H34N6O11S. The van der Waals surface area contributed by atoms with Gasteiger partial charge in [-0.15, -0.1) is 24.6 Å². The Kier molecular flexibility index (Phi) is 11.8. The number of hydrogen-bond donors (Lipinski definition) is 0. The van der Waals surface area contributed by atoms with Crippen LogP contribution < -0.4 is 9.64 Å². The van der Waals surface area contributed by atoms with Gasteiger partial charge in [0.1, 0.15) is 19.8 Å². The zero-order chi connectivity index (χ0) is 34.0. The number of anilines is 1. The summed E-state index contributed by atoms with van der Waals surface area (Å²) in [6, 6.07) is 12.3. The number of aromatic nitrogens is 2. The Morgan fingerprint density at radius 1 is 0.979 bits per heavy atom. The first-order valence-electron chi connectivity index (χ1n) is 14.4. The third-order valence-electron chi connectivity index (χ3n) is 6.88. The fourth-order valence-corrected chi connectivity index (χ4v) is 5.13. The summed E-state index contributed by atoms with van der Waals surface area (Å²) in [5.41, 5.74) is 0.360. The van der Waals surface area contributed by atoms with E-state index in [2.05, 4.69) is 18.4 Å². The Bertz CT molecular complexity index is 1560. The first-order chi connectivity index (χ1) is 22.4. The molecule has 1 unspecified atom stereocenters. The summed E-state index contributed by atoms with van der Waals surface area (Å²) in [6.07, 6.45) is -1.02. The number of benzene rings is 2. The van der Waals surface area contributed by atoms with Gasteiger partial charge in [0.2, 0.25) is 5.82 Å². The van der Waals surface area contributed by atoms with Crippen LogP contribution in [0.1, 0.15) is 52.6 Å². The lowest BCUT2D eigenvalue weighted by atomic mass is 10.0. The first kappa shape index (κ1) is 34.8. The van der Waals surface area contributed by atoms with Crippen LogP contribution in [0.5, 0.6) is 5.88 Å². The van der Waals surface area contributed by atoms with Crippen LogP contribution in [0.25, 0.3) is 0 Å². The van der Waals surface area contributed by atoms with Gasteiger partial charge >= 0.3 is 5.97 Å². The summed E-state index contributed by atoms with van der Waals surface area (Å²) >= 11 is 0.966. The summed E-state index contributed by atoms with van der Waals surface area (Å²) in [5.74, 6) is -0.417. The highest BCUT2D eigenvalue weighted by Gasteiger charge is 2.32. The number of esters is 1. The number of carbonyl (C=O) groups is 2. The minimum atomic E-state index is -1.02. The molecule has 2 heterocycles. The smallest absolute Gasteiger partial charge is 0.338 e. The summed E-state index contributed by atoms with van der Waals surface area (Å²) in [4.78, 5) is 61.0.